The zero-order valence-corrected chi connectivity index (χ0v) is 19.4. The Bertz CT molecular complexity index is 1590. The van der Waals surface area contributed by atoms with Crippen LogP contribution in [0.15, 0.2) is 87.1 Å². The van der Waals surface area contributed by atoms with Gasteiger partial charge in [-0.15, -0.1) is 0 Å². The highest BCUT2D eigenvalue weighted by molar-refractivity contribution is 7.99. The number of thioether (sulfide) groups is 1. The SMILES string of the molecule is COC(=O)/C(=C(/O)CSc1nc2ccccc2c(=O)n1Cc1ccco1)c1nc2ccccc2[nH]1. The molecule has 5 rings (SSSR count). The van der Waals surface area contributed by atoms with Crippen LogP contribution in [-0.2, 0) is 16.1 Å². The molecule has 0 fully saturated rings. The topological polar surface area (TPSA) is 123 Å². The largest absolute Gasteiger partial charge is 0.510 e. The highest BCUT2D eigenvalue weighted by Gasteiger charge is 2.23. The maximum atomic E-state index is 13.2. The van der Waals surface area contributed by atoms with Crippen molar-refractivity contribution < 1.29 is 19.1 Å². The summed E-state index contributed by atoms with van der Waals surface area (Å²) in [6, 6.07) is 17.8. The summed E-state index contributed by atoms with van der Waals surface area (Å²) in [4.78, 5) is 37.9. The smallest absolute Gasteiger partial charge is 0.345 e. The number of hydrogen-bond donors (Lipinski definition) is 2. The van der Waals surface area contributed by atoms with Crippen LogP contribution >= 0.6 is 11.8 Å². The van der Waals surface area contributed by atoms with Crippen molar-refractivity contribution in [1.82, 2.24) is 19.5 Å². The van der Waals surface area contributed by atoms with E-state index in [-0.39, 0.29) is 35.0 Å². The number of H-pyrrole nitrogens is 1. The van der Waals surface area contributed by atoms with Crippen LogP contribution in [0.4, 0.5) is 0 Å². The van der Waals surface area contributed by atoms with E-state index in [2.05, 4.69) is 15.0 Å². The second-order valence-electron chi connectivity index (χ2n) is 7.59. The number of rotatable bonds is 7. The van der Waals surface area contributed by atoms with E-state index in [1.165, 1.54) is 17.9 Å². The molecule has 9 nitrogen and oxygen atoms in total. The molecule has 0 saturated heterocycles. The molecule has 0 saturated carbocycles. The minimum atomic E-state index is -0.735. The number of hydrogen-bond acceptors (Lipinski definition) is 8. The van der Waals surface area contributed by atoms with Crippen LogP contribution in [0, 0.1) is 0 Å². The number of para-hydroxylation sites is 3. The maximum Gasteiger partial charge on any atom is 0.345 e. The molecular formula is C25H20N4O5S. The summed E-state index contributed by atoms with van der Waals surface area (Å²) >= 11 is 1.12. The van der Waals surface area contributed by atoms with E-state index >= 15 is 0 Å². The highest BCUT2D eigenvalue weighted by atomic mass is 32.2. The fraction of sp³-hybridized carbons (Fsp3) is 0.120. The van der Waals surface area contributed by atoms with Crippen molar-refractivity contribution in [2.75, 3.05) is 12.9 Å². The Morgan fingerprint density at radius 2 is 1.86 bits per heavy atom. The molecule has 0 aliphatic carbocycles. The molecule has 0 spiro atoms. The fourth-order valence-corrected chi connectivity index (χ4v) is 4.56. The zero-order chi connectivity index (χ0) is 24.4. The van der Waals surface area contributed by atoms with Gasteiger partial charge in [-0.1, -0.05) is 36.0 Å². The molecular weight excluding hydrogens is 468 g/mol. The normalized spacial score (nSPS) is 12.1. The number of nitrogens with zero attached hydrogens (tertiary/aromatic N) is 3. The van der Waals surface area contributed by atoms with Crippen molar-refractivity contribution in [2.24, 2.45) is 0 Å². The summed E-state index contributed by atoms with van der Waals surface area (Å²) in [7, 11) is 1.23. The molecule has 0 bridgehead atoms. The van der Waals surface area contributed by atoms with E-state index in [0.29, 0.717) is 32.9 Å². The number of aliphatic hydroxyl groups excluding tert-OH is 1. The molecule has 0 aliphatic heterocycles. The first-order chi connectivity index (χ1) is 17.0. The van der Waals surface area contributed by atoms with Crippen LogP contribution < -0.4 is 5.56 Å². The molecule has 3 aromatic heterocycles. The van der Waals surface area contributed by atoms with E-state index in [4.69, 9.17) is 9.15 Å². The number of imidazole rings is 1. The van der Waals surface area contributed by atoms with Gasteiger partial charge in [0.15, 0.2) is 5.16 Å². The van der Waals surface area contributed by atoms with Gasteiger partial charge in [-0.2, -0.15) is 0 Å². The van der Waals surface area contributed by atoms with E-state index in [9.17, 15) is 14.7 Å². The van der Waals surface area contributed by atoms with Crippen molar-refractivity contribution in [2.45, 2.75) is 11.7 Å². The number of fused-ring (bicyclic) bond motifs is 2. The van der Waals surface area contributed by atoms with Crippen LogP contribution in [0.1, 0.15) is 11.6 Å². The molecule has 0 radical (unpaired) electrons. The van der Waals surface area contributed by atoms with Gasteiger partial charge in [0, 0.05) is 0 Å². The standard InChI is InChI=1S/C25H20N4O5S/c1-33-24(32)21(22-26-18-10-4-5-11-19(18)27-22)20(30)14-35-25-28-17-9-3-2-8-16(17)23(31)29(25)13-15-7-6-12-34-15/h2-12,30H,13-14H2,1H3,(H,26,27)/b21-20+. The third-order valence-electron chi connectivity index (χ3n) is 5.36. The maximum absolute atomic E-state index is 13.2. The molecule has 2 N–H and O–H groups in total. The summed E-state index contributed by atoms with van der Waals surface area (Å²) in [5.41, 5.74) is 1.57. The molecule has 5 aromatic rings. The van der Waals surface area contributed by atoms with Gasteiger partial charge in [0.2, 0.25) is 0 Å². The predicted octanol–water partition coefficient (Wildman–Crippen LogP) is 4.15. The fourth-order valence-electron chi connectivity index (χ4n) is 3.69. The van der Waals surface area contributed by atoms with E-state index in [1.807, 2.05) is 18.2 Å². The second kappa shape index (κ2) is 9.51. The van der Waals surface area contributed by atoms with Crippen molar-refractivity contribution in [1.29, 1.82) is 0 Å². The lowest BCUT2D eigenvalue weighted by Crippen LogP contribution is -2.24. The highest BCUT2D eigenvalue weighted by Crippen LogP contribution is 2.26. The van der Waals surface area contributed by atoms with Crippen LogP contribution in [0.3, 0.4) is 0 Å². The first-order valence-electron chi connectivity index (χ1n) is 10.7. The molecule has 10 heteroatoms. The van der Waals surface area contributed by atoms with Crippen molar-refractivity contribution in [3.05, 3.63) is 94.6 Å². The van der Waals surface area contributed by atoms with Gasteiger partial charge in [0.25, 0.3) is 5.56 Å². The molecule has 3 heterocycles. The average Bonchev–Trinajstić information content (AvgIpc) is 3.54. The quantitative estimate of drug-likeness (QED) is 0.115. The number of furan rings is 1. The zero-order valence-electron chi connectivity index (χ0n) is 18.6. The number of aliphatic hydroxyl groups is 1. The summed E-state index contributed by atoms with van der Waals surface area (Å²) in [5, 5.41) is 11.8. The lowest BCUT2D eigenvalue weighted by Gasteiger charge is -2.13. The Morgan fingerprint density at radius 3 is 2.60 bits per heavy atom. The molecule has 176 valence electrons. The van der Waals surface area contributed by atoms with Gasteiger partial charge in [-0.25, -0.2) is 14.8 Å². The summed E-state index contributed by atoms with van der Waals surface area (Å²) in [5.74, 6) is -0.266. The van der Waals surface area contributed by atoms with Crippen molar-refractivity contribution in [3.63, 3.8) is 0 Å². The molecule has 35 heavy (non-hydrogen) atoms. The van der Waals surface area contributed by atoms with Crippen molar-refractivity contribution >= 4 is 45.2 Å². The molecule has 0 unspecified atom stereocenters. The van der Waals surface area contributed by atoms with E-state index < -0.39 is 5.97 Å². The van der Waals surface area contributed by atoms with Crippen LogP contribution in [0.25, 0.3) is 27.5 Å². The lowest BCUT2D eigenvalue weighted by atomic mass is 10.2. The minimum absolute atomic E-state index is 0.0512. The number of esters is 1. The van der Waals surface area contributed by atoms with Gasteiger partial charge in [0.05, 0.1) is 47.6 Å². The third-order valence-corrected chi connectivity index (χ3v) is 6.35. The van der Waals surface area contributed by atoms with Crippen LogP contribution in [0.2, 0.25) is 0 Å². The Morgan fingerprint density at radius 1 is 1.09 bits per heavy atom. The van der Waals surface area contributed by atoms with Gasteiger partial charge in [-0.3, -0.25) is 9.36 Å². The number of carbonyl (C=O) groups is 1. The summed E-state index contributed by atoms with van der Waals surface area (Å²) in [6.45, 7) is 0.171. The molecule has 2 aromatic carbocycles. The van der Waals surface area contributed by atoms with Gasteiger partial charge in [-0.05, 0) is 36.4 Å². The lowest BCUT2D eigenvalue weighted by molar-refractivity contribution is -0.133. The monoisotopic (exact) mass is 488 g/mol. The number of methoxy groups -OCH3 is 1. The number of aromatic nitrogens is 4. The van der Waals surface area contributed by atoms with Crippen LogP contribution in [-0.4, -0.2) is 43.5 Å². The Hall–Kier alpha value is -4.31. The second-order valence-corrected chi connectivity index (χ2v) is 8.53. The molecule has 0 aliphatic rings. The summed E-state index contributed by atoms with van der Waals surface area (Å²) in [6.07, 6.45) is 1.53. The predicted molar refractivity (Wildman–Crippen MR) is 132 cm³/mol. The van der Waals surface area contributed by atoms with Gasteiger partial charge >= 0.3 is 5.97 Å². The van der Waals surface area contributed by atoms with Gasteiger partial charge < -0.3 is 19.2 Å². The average molecular weight is 489 g/mol. The van der Waals surface area contributed by atoms with Crippen LogP contribution in [0.5, 0.6) is 0 Å². The number of benzene rings is 2. The number of nitrogens with one attached hydrogen (secondary N) is 1. The molecule has 0 amide bonds. The van der Waals surface area contributed by atoms with E-state index in [1.54, 1.807) is 42.5 Å². The Labute approximate surface area is 203 Å². The minimum Gasteiger partial charge on any atom is -0.510 e. The first kappa shape index (κ1) is 22.5. The van der Waals surface area contributed by atoms with Gasteiger partial charge in [0.1, 0.15) is 22.9 Å². The third kappa shape index (κ3) is 4.43. The Balaban J connectivity index is 1.54. The van der Waals surface area contributed by atoms with E-state index in [0.717, 1.165) is 11.8 Å². The molecule has 0 atom stereocenters. The first-order valence-corrected chi connectivity index (χ1v) is 11.6. The number of ether oxygens (including phenoxy) is 1. The number of aromatic amines is 1. The number of carbonyl (C=O) groups excluding carboxylic acids is 1. The van der Waals surface area contributed by atoms with Crippen molar-refractivity contribution in [3.8, 4) is 0 Å². The Kier molecular flexibility index (Phi) is 6.11. The summed E-state index contributed by atoms with van der Waals surface area (Å²) < 4.78 is 11.8.